The predicted molar refractivity (Wildman–Crippen MR) is 68.9 cm³/mol. The van der Waals surface area contributed by atoms with E-state index in [9.17, 15) is 4.79 Å². The van der Waals surface area contributed by atoms with Crippen molar-refractivity contribution in [3.05, 3.63) is 52.3 Å². The Hall–Kier alpha value is -2.41. The van der Waals surface area contributed by atoms with E-state index in [1.165, 1.54) is 16.3 Å². The zero-order chi connectivity index (χ0) is 13.0. The fraction of sp³-hybridized carbons (Fsp3) is 0.214. The molecule has 4 heteroatoms. The monoisotopic (exact) mass is 239 g/mol. The minimum absolute atomic E-state index is 0.0281. The summed E-state index contributed by atoms with van der Waals surface area (Å²) in [6.45, 7) is 2.07. The van der Waals surface area contributed by atoms with Gasteiger partial charge in [0.1, 0.15) is 6.54 Å². The largest absolute Gasteiger partial charge is 0.268 e. The summed E-state index contributed by atoms with van der Waals surface area (Å²) >= 11 is 0. The number of hydrogen-bond acceptors (Lipinski definition) is 3. The molecule has 90 valence electrons. The second kappa shape index (κ2) is 5.28. The maximum absolute atomic E-state index is 11.4. The zero-order valence-electron chi connectivity index (χ0n) is 10.1. The molecular formula is C14H13N3O. The number of aryl methyl sites for hydroxylation is 1. The minimum atomic E-state index is -0.259. The molecule has 0 atom stereocenters. The molecule has 0 saturated heterocycles. The van der Waals surface area contributed by atoms with Gasteiger partial charge in [0.25, 0.3) is 5.56 Å². The van der Waals surface area contributed by atoms with Crippen LogP contribution in [0.1, 0.15) is 12.5 Å². The molecule has 2 rings (SSSR count). The smallest absolute Gasteiger partial charge is 0.267 e. The standard InChI is InChI=1S/C14H13N3O/c1-2-11-3-5-12(6-4-11)13-7-8-14(18)17(16-13)10-9-15/h3-8H,2,10H2,1H3. The first kappa shape index (κ1) is 12.1. The Kier molecular flexibility index (Phi) is 3.54. The van der Waals surface area contributed by atoms with Gasteiger partial charge in [-0.15, -0.1) is 0 Å². The highest BCUT2D eigenvalue weighted by molar-refractivity contribution is 5.58. The molecule has 0 amide bonds. The molecule has 0 radical (unpaired) electrons. The van der Waals surface area contributed by atoms with E-state index in [1.807, 2.05) is 30.3 Å². The van der Waals surface area contributed by atoms with Gasteiger partial charge in [-0.05, 0) is 18.1 Å². The summed E-state index contributed by atoms with van der Waals surface area (Å²) in [6, 6.07) is 13.1. The Morgan fingerprint density at radius 2 is 1.94 bits per heavy atom. The molecule has 0 aliphatic heterocycles. The van der Waals surface area contributed by atoms with Crippen LogP contribution in [-0.2, 0) is 13.0 Å². The number of benzene rings is 1. The minimum Gasteiger partial charge on any atom is -0.268 e. The number of rotatable bonds is 3. The molecule has 1 aromatic heterocycles. The lowest BCUT2D eigenvalue weighted by atomic mass is 10.1. The molecule has 0 fully saturated rings. The summed E-state index contributed by atoms with van der Waals surface area (Å²) in [7, 11) is 0. The van der Waals surface area contributed by atoms with E-state index < -0.39 is 0 Å². The van der Waals surface area contributed by atoms with Crippen LogP contribution in [0.25, 0.3) is 11.3 Å². The van der Waals surface area contributed by atoms with Crippen molar-refractivity contribution >= 4 is 0 Å². The lowest BCUT2D eigenvalue weighted by Gasteiger charge is -2.04. The van der Waals surface area contributed by atoms with E-state index in [0.29, 0.717) is 5.69 Å². The van der Waals surface area contributed by atoms with Crippen molar-refractivity contribution in [1.29, 1.82) is 5.26 Å². The van der Waals surface area contributed by atoms with Crippen LogP contribution in [0.3, 0.4) is 0 Å². The fourth-order valence-electron chi connectivity index (χ4n) is 1.69. The summed E-state index contributed by atoms with van der Waals surface area (Å²) < 4.78 is 1.17. The van der Waals surface area contributed by atoms with Crippen LogP contribution >= 0.6 is 0 Å². The van der Waals surface area contributed by atoms with Crippen LogP contribution in [0.5, 0.6) is 0 Å². The SMILES string of the molecule is CCc1ccc(-c2ccc(=O)n(CC#N)n2)cc1. The van der Waals surface area contributed by atoms with Crippen molar-refractivity contribution < 1.29 is 0 Å². The zero-order valence-corrected chi connectivity index (χ0v) is 10.1. The number of aromatic nitrogens is 2. The van der Waals surface area contributed by atoms with Gasteiger partial charge in [0.05, 0.1) is 11.8 Å². The third kappa shape index (κ3) is 2.46. The van der Waals surface area contributed by atoms with Crippen molar-refractivity contribution in [1.82, 2.24) is 9.78 Å². The molecule has 1 heterocycles. The number of hydrogen-bond donors (Lipinski definition) is 0. The van der Waals surface area contributed by atoms with Crippen molar-refractivity contribution in [3.8, 4) is 17.3 Å². The van der Waals surface area contributed by atoms with Crippen LogP contribution in [-0.4, -0.2) is 9.78 Å². The van der Waals surface area contributed by atoms with E-state index >= 15 is 0 Å². The average Bonchev–Trinajstić information content (AvgIpc) is 2.42. The van der Waals surface area contributed by atoms with Gasteiger partial charge in [-0.2, -0.15) is 10.4 Å². The summed E-state index contributed by atoms with van der Waals surface area (Å²) in [5.74, 6) is 0. The van der Waals surface area contributed by atoms with E-state index in [2.05, 4.69) is 12.0 Å². The second-order valence-corrected chi connectivity index (χ2v) is 3.92. The number of nitrogens with zero attached hydrogens (tertiary/aromatic N) is 3. The van der Waals surface area contributed by atoms with E-state index in [1.54, 1.807) is 6.07 Å². The van der Waals surface area contributed by atoms with Gasteiger partial charge < -0.3 is 0 Å². The van der Waals surface area contributed by atoms with Gasteiger partial charge >= 0.3 is 0 Å². The molecule has 0 N–H and O–H groups in total. The van der Waals surface area contributed by atoms with Gasteiger partial charge in [0, 0.05) is 11.6 Å². The van der Waals surface area contributed by atoms with Crippen LogP contribution < -0.4 is 5.56 Å². The topological polar surface area (TPSA) is 58.7 Å². The van der Waals surface area contributed by atoms with Gasteiger partial charge in [-0.3, -0.25) is 4.79 Å². The molecule has 0 aliphatic rings. The van der Waals surface area contributed by atoms with Crippen LogP contribution in [0.4, 0.5) is 0 Å². The van der Waals surface area contributed by atoms with Crippen molar-refractivity contribution in [3.63, 3.8) is 0 Å². The van der Waals surface area contributed by atoms with E-state index in [4.69, 9.17) is 5.26 Å². The molecule has 0 bridgehead atoms. The molecule has 0 spiro atoms. The van der Waals surface area contributed by atoms with Gasteiger partial charge in [-0.25, -0.2) is 4.68 Å². The van der Waals surface area contributed by atoms with Crippen LogP contribution in [0.2, 0.25) is 0 Å². The molecule has 1 aromatic carbocycles. The molecule has 4 nitrogen and oxygen atoms in total. The van der Waals surface area contributed by atoms with Crippen molar-refractivity contribution in [2.24, 2.45) is 0 Å². The Morgan fingerprint density at radius 1 is 1.22 bits per heavy atom. The summed E-state index contributed by atoms with van der Waals surface area (Å²) in [5.41, 5.74) is 2.64. The summed E-state index contributed by atoms with van der Waals surface area (Å²) in [4.78, 5) is 11.4. The third-order valence-electron chi connectivity index (χ3n) is 2.75. The van der Waals surface area contributed by atoms with Crippen LogP contribution in [0, 0.1) is 11.3 Å². The lowest BCUT2D eigenvalue weighted by molar-refractivity contribution is 0.662. The predicted octanol–water partition coefficient (Wildman–Crippen LogP) is 2.00. The summed E-state index contributed by atoms with van der Waals surface area (Å²) in [5, 5.41) is 12.8. The first-order valence-corrected chi connectivity index (χ1v) is 5.79. The van der Waals surface area contributed by atoms with Gasteiger partial charge in [0.2, 0.25) is 0 Å². The van der Waals surface area contributed by atoms with Crippen LogP contribution in [0.15, 0.2) is 41.2 Å². The average molecular weight is 239 g/mol. The number of nitriles is 1. The fourth-order valence-corrected chi connectivity index (χ4v) is 1.69. The van der Waals surface area contributed by atoms with E-state index in [0.717, 1.165) is 12.0 Å². The second-order valence-electron chi connectivity index (χ2n) is 3.92. The summed E-state index contributed by atoms with van der Waals surface area (Å²) in [6.07, 6.45) is 0.988. The normalized spacial score (nSPS) is 10.0. The highest BCUT2D eigenvalue weighted by atomic mass is 16.1. The van der Waals surface area contributed by atoms with Gasteiger partial charge in [-0.1, -0.05) is 31.2 Å². The molecule has 0 aliphatic carbocycles. The Bertz CT molecular complexity index is 635. The molecule has 18 heavy (non-hydrogen) atoms. The maximum atomic E-state index is 11.4. The highest BCUT2D eigenvalue weighted by Crippen LogP contribution is 2.16. The third-order valence-corrected chi connectivity index (χ3v) is 2.75. The quantitative estimate of drug-likeness (QED) is 0.823. The molecular weight excluding hydrogens is 226 g/mol. The maximum Gasteiger partial charge on any atom is 0.267 e. The van der Waals surface area contributed by atoms with Crippen molar-refractivity contribution in [2.45, 2.75) is 19.9 Å². The molecule has 0 saturated carbocycles. The van der Waals surface area contributed by atoms with Gasteiger partial charge in [0.15, 0.2) is 0 Å². The molecule has 0 unspecified atom stereocenters. The van der Waals surface area contributed by atoms with E-state index in [-0.39, 0.29) is 12.1 Å². The lowest BCUT2D eigenvalue weighted by Crippen LogP contribution is -2.21. The van der Waals surface area contributed by atoms with Crippen molar-refractivity contribution in [2.75, 3.05) is 0 Å². The first-order valence-electron chi connectivity index (χ1n) is 5.79. The Morgan fingerprint density at radius 3 is 2.56 bits per heavy atom. The molecule has 2 aromatic rings. The Labute approximate surface area is 105 Å². The Balaban J connectivity index is 2.41. The first-order chi connectivity index (χ1) is 8.74. The highest BCUT2D eigenvalue weighted by Gasteiger charge is 2.03.